The molecule has 2 aliphatic rings. The van der Waals surface area contributed by atoms with Gasteiger partial charge in [0.15, 0.2) is 24.1 Å². The molecule has 0 amide bonds. The molecule has 0 spiro atoms. The molecule has 0 N–H and O–H groups in total. The van der Waals surface area contributed by atoms with Gasteiger partial charge in [-0.3, -0.25) is 4.98 Å². The highest BCUT2D eigenvalue weighted by atomic mass is 15.0. The molecule has 58 heavy (non-hydrogen) atoms. The Bertz CT molecular complexity index is 2900. The highest BCUT2D eigenvalue weighted by Crippen LogP contribution is 2.46. The van der Waals surface area contributed by atoms with Crippen molar-refractivity contribution in [3.05, 3.63) is 193 Å². The summed E-state index contributed by atoms with van der Waals surface area (Å²) in [4.78, 5) is 4.70. The van der Waals surface area contributed by atoms with Gasteiger partial charge in [0.25, 0.3) is 0 Å². The number of nitrogens with zero attached hydrogens (tertiary/aromatic N) is 3. The number of benzene rings is 5. The van der Waals surface area contributed by atoms with E-state index in [1.54, 1.807) is 0 Å². The molecule has 3 heteroatoms. The average Bonchev–Trinajstić information content (AvgIpc) is 3.25. The first kappa shape index (κ1) is 35.9. The monoisotopic (exact) mass is 751 g/mol. The molecule has 5 aromatic carbocycles. The zero-order valence-electron chi connectivity index (χ0n) is 33.9. The highest BCUT2D eigenvalue weighted by Gasteiger charge is 2.42. The van der Waals surface area contributed by atoms with E-state index in [-0.39, 0.29) is 11.5 Å². The van der Waals surface area contributed by atoms with E-state index in [2.05, 4.69) is 189 Å². The van der Waals surface area contributed by atoms with Crippen LogP contribution >= 0.6 is 0 Å². The van der Waals surface area contributed by atoms with E-state index in [0.29, 0.717) is 5.92 Å². The number of aromatic nitrogens is 3. The highest BCUT2D eigenvalue weighted by molar-refractivity contribution is 6.06. The summed E-state index contributed by atoms with van der Waals surface area (Å²) in [7, 11) is 0. The Kier molecular flexibility index (Phi) is 8.78. The molecule has 0 saturated carbocycles. The van der Waals surface area contributed by atoms with Gasteiger partial charge in [-0.1, -0.05) is 118 Å². The summed E-state index contributed by atoms with van der Waals surface area (Å²) < 4.78 is 4.93. The molecular weight excluding hydrogens is 703 g/mol. The van der Waals surface area contributed by atoms with Gasteiger partial charge in [-0.05, 0) is 111 Å². The average molecular weight is 752 g/mol. The molecule has 10 rings (SSSR count). The fourth-order valence-corrected chi connectivity index (χ4v) is 9.73. The van der Waals surface area contributed by atoms with Crippen LogP contribution in [0, 0.1) is 6.92 Å². The Balaban J connectivity index is 1.14. The van der Waals surface area contributed by atoms with Crippen molar-refractivity contribution in [1.29, 1.82) is 0 Å². The van der Waals surface area contributed by atoms with Crippen LogP contribution in [0.1, 0.15) is 67.8 Å². The third-order valence-electron chi connectivity index (χ3n) is 12.7. The zero-order valence-corrected chi connectivity index (χ0v) is 33.9. The van der Waals surface area contributed by atoms with E-state index in [1.807, 2.05) is 12.4 Å². The molecule has 0 aliphatic carbocycles. The van der Waals surface area contributed by atoms with Gasteiger partial charge in [0.2, 0.25) is 11.4 Å². The van der Waals surface area contributed by atoms with Crippen molar-refractivity contribution in [2.75, 3.05) is 0 Å². The lowest BCUT2D eigenvalue weighted by molar-refractivity contribution is -0.720. The van der Waals surface area contributed by atoms with E-state index < -0.39 is 0 Å². The first-order chi connectivity index (χ1) is 28.2. The van der Waals surface area contributed by atoms with Crippen molar-refractivity contribution >= 4 is 16.5 Å². The molecule has 282 valence electrons. The maximum Gasteiger partial charge on any atom is 0.218 e. The number of rotatable bonds is 3. The third kappa shape index (κ3) is 6.17. The number of aryl methyl sites for hydroxylation is 2. The van der Waals surface area contributed by atoms with E-state index in [9.17, 15) is 0 Å². The van der Waals surface area contributed by atoms with Gasteiger partial charge < -0.3 is 0 Å². The molecule has 2 aliphatic heterocycles. The van der Waals surface area contributed by atoms with Gasteiger partial charge >= 0.3 is 0 Å². The lowest BCUT2D eigenvalue weighted by Gasteiger charge is -2.31. The summed E-state index contributed by atoms with van der Waals surface area (Å²) in [5.74, 6) is 0.345. The molecule has 2 unspecified atom stereocenters. The minimum Gasteiger partial charge on any atom is -0.264 e. The van der Waals surface area contributed by atoms with E-state index >= 15 is 0 Å². The van der Waals surface area contributed by atoms with Gasteiger partial charge in [-0.2, -0.15) is 9.13 Å². The largest absolute Gasteiger partial charge is 0.264 e. The van der Waals surface area contributed by atoms with Gasteiger partial charge in [-0.15, -0.1) is 0 Å². The van der Waals surface area contributed by atoms with Crippen LogP contribution in [0.15, 0.2) is 171 Å². The van der Waals surface area contributed by atoms with Crippen molar-refractivity contribution in [2.45, 2.75) is 64.3 Å². The summed E-state index contributed by atoms with van der Waals surface area (Å²) >= 11 is 0. The van der Waals surface area contributed by atoms with Crippen molar-refractivity contribution in [2.24, 2.45) is 0 Å². The summed E-state index contributed by atoms with van der Waals surface area (Å²) in [5.41, 5.74) is 18.9. The fourth-order valence-electron chi connectivity index (χ4n) is 9.73. The molecule has 0 saturated heterocycles. The lowest BCUT2D eigenvalue weighted by Crippen LogP contribution is -2.49. The van der Waals surface area contributed by atoms with Crippen molar-refractivity contribution in [3.8, 4) is 55.9 Å². The van der Waals surface area contributed by atoms with Gasteiger partial charge in [0.1, 0.15) is 0 Å². The zero-order chi connectivity index (χ0) is 39.5. The molecule has 0 radical (unpaired) electrons. The first-order valence-corrected chi connectivity index (χ1v) is 20.7. The van der Waals surface area contributed by atoms with E-state index in [1.165, 1.54) is 83.5 Å². The summed E-state index contributed by atoms with van der Waals surface area (Å²) in [5, 5.41) is 2.35. The van der Waals surface area contributed by atoms with Crippen LogP contribution in [-0.4, -0.2) is 4.98 Å². The number of allylic oxidation sites excluding steroid dienone is 1. The van der Waals surface area contributed by atoms with Crippen LogP contribution in [0.4, 0.5) is 0 Å². The Morgan fingerprint density at radius 1 is 0.621 bits per heavy atom. The molecule has 2 atom stereocenters. The van der Waals surface area contributed by atoms with Gasteiger partial charge in [0, 0.05) is 53.5 Å². The third-order valence-corrected chi connectivity index (χ3v) is 12.7. The minimum absolute atomic E-state index is 0.0113. The Morgan fingerprint density at radius 3 is 2.21 bits per heavy atom. The lowest BCUT2D eigenvalue weighted by atomic mass is 9.77. The predicted molar refractivity (Wildman–Crippen MR) is 239 cm³/mol. The van der Waals surface area contributed by atoms with E-state index in [0.717, 1.165) is 30.3 Å². The molecule has 8 aromatic rings. The topological polar surface area (TPSA) is 20.6 Å². The Morgan fingerprint density at radius 2 is 1.38 bits per heavy atom. The van der Waals surface area contributed by atoms with E-state index in [4.69, 9.17) is 11.6 Å². The van der Waals surface area contributed by atoms with Crippen LogP contribution in [0.3, 0.4) is 0 Å². The smallest absolute Gasteiger partial charge is 0.218 e. The summed E-state index contributed by atoms with van der Waals surface area (Å²) in [6.07, 6.45) is 11.4. The van der Waals surface area contributed by atoms with Crippen LogP contribution in [-0.2, 0) is 11.8 Å². The van der Waals surface area contributed by atoms with Crippen LogP contribution in [0.25, 0.3) is 72.4 Å². The maximum atomic E-state index is 4.86. The number of hydrogen-bond acceptors (Lipinski definition) is 1. The second-order valence-electron chi connectivity index (χ2n) is 17.4. The van der Waals surface area contributed by atoms with Crippen LogP contribution < -0.4 is 9.13 Å². The summed E-state index contributed by atoms with van der Waals surface area (Å²) in [6, 6.07) is 52.1. The Labute approximate surface area is 342 Å². The number of hydrogen-bond donors (Lipinski definition) is 0. The van der Waals surface area contributed by atoms with Crippen molar-refractivity contribution in [1.82, 2.24) is 4.98 Å². The fraction of sp³-hybridized carbons (Fsp3) is 0.182. The second-order valence-corrected chi connectivity index (χ2v) is 17.4. The normalized spacial score (nSPS) is 16.1. The molecular formula is C55H49N3+2. The number of fused-ring (bicyclic) bond motifs is 10. The van der Waals surface area contributed by atoms with Crippen molar-refractivity contribution in [3.63, 3.8) is 0 Å². The Hall–Kier alpha value is -6.45. The number of pyridine rings is 3. The maximum absolute atomic E-state index is 4.86. The first-order valence-electron chi connectivity index (χ1n) is 20.7. The minimum atomic E-state index is -0.0113. The SMILES string of the molecule is C=C1CC2C(CCc3ccc(-c4ccc(-c5ccccc5-c5ccccc5)c5ccncc45)cc3-c3cc(C(C)(C)C)cc[n+]31)c1ccccc1-c1cc(C)cc[n+]12. The van der Waals surface area contributed by atoms with Crippen LogP contribution in [0.2, 0.25) is 0 Å². The molecule has 0 bridgehead atoms. The molecule has 3 nitrogen and oxygen atoms in total. The standard InChI is InChI=1S/C55H49N3/c1-36-26-29-58-52(31-36)48-18-12-11-17-45(48)49-22-21-39-19-20-40(33-50(39)54-34-41(55(3,4)5)27-30-57(54)37(2)32-53(49)58)43-23-24-46(47-25-28-56-35-51(43)47)44-16-10-9-15-42(44)38-13-7-6-8-14-38/h6-20,23-31,33-35,49,53H,2,21-22,32H2,1,3-5H3/q+2. The molecule has 5 heterocycles. The van der Waals surface area contributed by atoms with Crippen LogP contribution in [0.5, 0.6) is 0 Å². The summed E-state index contributed by atoms with van der Waals surface area (Å²) in [6.45, 7) is 14.0. The predicted octanol–water partition coefficient (Wildman–Crippen LogP) is 12.9. The quantitative estimate of drug-likeness (QED) is 0.165. The second kappa shape index (κ2) is 14.2. The van der Waals surface area contributed by atoms with Crippen molar-refractivity contribution < 1.29 is 9.13 Å². The molecule has 3 aromatic heterocycles. The van der Waals surface area contributed by atoms with Gasteiger partial charge in [0.05, 0.1) is 12.0 Å². The van der Waals surface area contributed by atoms with Gasteiger partial charge in [-0.25, -0.2) is 0 Å². The molecule has 0 fully saturated rings.